The molecule has 9 heteroatoms. The number of nitrogens with two attached hydrogens (primary N) is 1. The minimum Gasteiger partial charge on any atom is -0.444 e. The number of alkyl carbamates (subject to hydrolysis) is 1. The molecule has 0 aliphatic heterocycles. The number of hydrogen-bond acceptors (Lipinski definition) is 5. The molecule has 0 aliphatic rings. The quantitative estimate of drug-likeness (QED) is 0.353. The van der Waals surface area contributed by atoms with E-state index in [1.807, 2.05) is 45.9 Å². The summed E-state index contributed by atoms with van der Waals surface area (Å²) in [5.74, 6) is -1.36. The Kier molecular flexibility index (Phi) is 12.4. The van der Waals surface area contributed by atoms with Gasteiger partial charge >= 0.3 is 6.09 Å². The predicted molar refractivity (Wildman–Crippen MR) is 140 cm³/mol. The maximum absolute atomic E-state index is 13.9. The first kappa shape index (κ1) is 30.9. The van der Waals surface area contributed by atoms with Gasteiger partial charge in [-0.1, -0.05) is 49.6 Å². The summed E-state index contributed by atoms with van der Waals surface area (Å²) < 4.78 is 5.34. The fraction of sp³-hybridized carbons (Fsp3) is 0.630. The average Bonchev–Trinajstić information content (AvgIpc) is 2.74. The summed E-state index contributed by atoms with van der Waals surface area (Å²) >= 11 is 0. The van der Waals surface area contributed by atoms with Crippen molar-refractivity contribution in [1.29, 1.82) is 0 Å². The zero-order valence-corrected chi connectivity index (χ0v) is 22.9. The molecular formula is C27H44N4O5. The molecule has 2 atom stereocenters. The smallest absolute Gasteiger partial charge is 0.408 e. The van der Waals surface area contributed by atoms with Crippen LogP contribution in [0.15, 0.2) is 18.2 Å². The van der Waals surface area contributed by atoms with E-state index >= 15 is 0 Å². The molecule has 202 valence electrons. The molecular weight excluding hydrogens is 460 g/mol. The number of hydrogen-bond donors (Lipinski definition) is 3. The van der Waals surface area contributed by atoms with Crippen molar-refractivity contribution in [3.63, 3.8) is 0 Å². The standard InChI is InChI=1S/C27H44N4O5/c1-8-10-13-29-24(33)23(20-16-18(3)15-19(4)17-20)31(14-9-2)25(34)21(11-12-22(28)32)30-26(35)36-27(5,6)7/h15-17,21,23H,8-14H2,1-7H3,(H2,28,32)(H,29,33)(H,30,35). The first-order valence-electron chi connectivity index (χ1n) is 12.7. The molecule has 1 aromatic rings. The van der Waals surface area contributed by atoms with Crippen molar-refractivity contribution in [3.8, 4) is 0 Å². The van der Waals surface area contributed by atoms with E-state index in [-0.39, 0.29) is 25.3 Å². The zero-order chi connectivity index (χ0) is 27.5. The number of aryl methyl sites for hydroxylation is 2. The molecule has 0 heterocycles. The highest BCUT2D eigenvalue weighted by atomic mass is 16.6. The summed E-state index contributed by atoms with van der Waals surface area (Å²) in [6.45, 7) is 13.7. The second kappa shape index (κ2) is 14.5. The number of nitrogens with zero attached hydrogens (tertiary/aromatic N) is 1. The monoisotopic (exact) mass is 504 g/mol. The average molecular weight is 505 g/mol. The van der Waals surface area contributed by atoms with Crippen LogP contribution in [0.5, 0.6) is 0 Å². The number of amides is 4. The topological polar surface area (TPSA) is 131 Å². The van der Waals surface area contributed by atoms with Crippen LogP contribution in [0.25, 0.3) is 0 Å². The van der Waals surface area contributed by atoms with Gasteiger partial charge in [-0.15, -0.1) is 0 Å². The highest BCUT2D eigenvalue weighted by Gasteiger charge is 2.36. The number of carbonyl (C=O) groups excluding carboxylic acids is 4. The van der Waals surface area contributed by atoms with Crippen LogP contribution in [0.2, 0.25) is 0 Å². The lowest BCUT2D eigenvalue weighted by atomic mass is 9.97. The summed E-state index contributed by atoms with van der Waals surface area (Å²) in [6, 6.07) is 3.81. The largest absolute Gasteiger partial charge is 0.444 e. The fourth-order valence-electron chi connectivity index (χ4n) is 3.93. The van der Waals surface area contributed by atoms with Crippen molar-refractivity contribution in [1.82, 2.24) is 15.5 Å². The van der Waals surface area contributed by atoms with Crippen molar-refractivity contribution in [3.05, 3.63) is 34.9 Å². The number of benzene rings is 1. The van der Waals surface area contributed by atoms with Crippen LogP contribution in [0.4, 0.5) is 4.79 Å². The van der Waals surface area contributed by atoms with Gasteiger partial charge in [0.05, 0.1) is 0 Å². The fourth-order valence-corrected chi connectivity index (χ4v) is 3.93. The molecule has 0 fully saturated rings. The second-order valence-corrected chi connectivity index (χ2v) is 10.2. The summed E-state index contributed by atoms with van der Waals surface area (Å²) in [7, 11) is 0. The van der Waals surface area contributed by atoms with E-state index in [1.165, 1.54) is 4.90 Å². The molecule has 1 rings (SSSR count). The molecule has 0 saturated heterocycles. The van der Waals surface area contributed by atoms with E-state index < -0.39 is 35.6 Å². The number of nitrogens with one attached hydrogen (secondary N) is 2. The van der Waals surface area contributed by atoms with Crippen molar-refractivity contribution in [2.24, 2.45) is 5.73 Å². The van der Waals surface area contributed by atoms with Crippen LogP contribution in [0.3, 0.4) is 0 Å². The van der Waals surface area contributed by atoms with Crippen LogP contribution in [0, 0.1) is 13.8 Å². The molecule has 0 bridgehead atoms. The van der Waals surface area contributed by atoms with Gasteiger partial charge in [0, 0.05) is 19.5 Å². The SMILES string of the molecule is CCCCNC(=O)C(c1cc(C)cc(C)c1)N(CCC)C(=O)C(CCC(N)=O)NC(=O)OC(C)(C)C. The van der Waals surface area contributed by atoms with Crippen LogP contribution >= 0.6 is 0 Å². The van der Waals surface area contributed by atoms with Gasteiger partial charge in [-0.25, -0.2) is 4.79 Å². The van der Waals surface area contributed by atoms with Crippen molar-refractivity contribution < 1.29 is 23.9 Å². The molecule has 4 N–H and O–H groups in total. The molecule has 36 heavy (non-hydrogen) atoms. The lowest BCUT2D eigenvalue weighted by molar-refractivity contribution is -0.142. The van der Waals surface area contributed by atoms with Gasteiger partial charge in [0.2, 0.25) is 17.7 Å². The molecule has 9 nitrogen and oxygen atoms in total. The lowest BCUT2D eigenvalue weighted by Gasteiger charge is -2.34. The Bertz CT molecular complexity index is 890. The number of unbranched alkanes of at least 4 members (excludes halogenated alkanes) is 1. The summed E-state index contributed by atoms with van der Waals surface area (Å²) in [5.41, 5.74) is 7.19. The molecule has 0 aromatic heterocycles. The molecule has 2 unspecified atom stereocenters. The van der Waals surface area contributed by atoms with E-state index in [0.29, 0.717) is 18.5 Å². The summed E-state index contributed by atoms with van der Waals surface area (Å²) in [6.07, 6.45) is 1.42. The maximum atomic E-state index is 13.9. The first-order chi connectivity index (χ1) is 16.8. The Hall–Kier alpha value is -3.10. The third kappa shape index (κ3) is 10.7. The number of carbonyl (C=O) groups is 4. The van der Waals surface area contributed by atoms with Crippen LogP contribution in [-0.4, -0.2) is 53.4 Å². The summed E-state index contributed by atoms with van der Waals surface area (Å²) in [4.78, 5) is 52.9. The normalized spacial score (nSPS) is 12.9. The minimum atomic E-state index is -1.09. The first-order valence-corrected chi connectivity index (χ1v) is 12.7. The highest BCUT2D eigenvalue weighted by Crippen LogP contribution is 2.26. The van der Waals surface area contributed by atoms with E-state index in [0.717, 1.165) is 24.0 Å². The third-order valence-electron chi connectivity index (χ3n) is 5.37. The van der Waals surface area contributed by atoms with Crippen LogP contribution in [-0.2, 0) is 19.1 Å². The van der Waals surface area contributed by atoms with Gasteiger partial charge in [0.15, 0.2) is 0 Å². The number of primary amides is 1. The van der Waals surface area contributed by atoms with Gasteiger partial charge in [0.25, 0.3) is 0 Å². The third-order valence-corrected chi connectivity index (χ3v) is 5.37. The van der Waals surface area contributed by atoms with E-state index in [9.17, 15) is 19.2 Å². The van der Waals surface area contributed by atoms with Gasteiger partial charge in [-0.2, -0.15) is 0 Å². The maximum Gasteiger partial charge on any atom is 0.408 e. The number of ether oxygens (including phenoxy) is 1. The van der Waals surface area contributed by atoms with E-state index in [2.05, 4.69) is 10.6 Å². The molecule has 1 aromatic carbocycles. The molecule has 0 saturated carbocycles. The highest BCUT2D eigenvalue weighted by molar-refractivity contribution is 5.92. The zero-order valence-electron chi connectivity index (χ0n) is 22.9. The minimum absolute atomic E-state index is 0.00928. The summed E-state index contributed by atoms with van der Waals surface area (Å²) in [5, 5.41) is 5.55. The van der Waals surface area contributed by atoms with Gasteiger partial charge < -0.3 is 26.0 Å². The Morgan fingerprint density at radius 1 is 1.03 bits per heavy atom. The van der Waals surface area contributed by atoms with Crippen LogP contribution < -0.4 is 16.4 Å². The predicted octanol–water partition coefficient (Wildman–Crippen LogP) is 3.66. The molecule has 0 aliphatic carbocycles. The molecule has 4 amide bonds. The van der Waals surface area contributed by atoms with Crippen LogP contribution in [0.1, 0.15) is 89.5 Å². The molecule has 0 radical (unpaired) electrons. The Labute approximate surface area is 215 Å². The molecule has 0 spiro atoms. The van der Waals surface area contributed by atoms with E-state index in [4.69, 9.17) is 10.5 Å². The van der Waals surface area contributed by atoms with Crippen molar-refractivity contribution >= 4 is 23.8 Å². The van der Waals surface area contributed by atoms with Gasteiger partial charge in [0.1, 0.15) is 17.7 Å². The Morgan fingerprint density at radius 2 is 1.64 bits per heavy atom. The van der Waals surface area contributed by atoms with Crippen molar-refractivity contribution in [2.75, 3.05) is 13.1 Å². The number of rotatable bonds is 13. The Morgan fingerprint density at radius 3 is 2.14 bits per heavy atom. The second-order valence-electron chi connectivity index (χ2n) is 10.2. The van der Waals surface area contributed by atoms with Gasteiger partial charge in [-0.05, 0) is 59.4 Å². The van der Waals surface area contributed by atoms with E-state index in [1.54, 1.807) is 20.8 Å². The lowest BCUT2D eigenvalue weighted by Crippen LogP contribution is -2.53. The van der Waals surface area contributed by atoms with Crippen molar-refractivity contribution in [2.45, 2.75) is 98.3 Å². The Balaban J connectivity index is 3.45. The van der Waals surface area contributed by atoms with Gasteiger partial charge in [-0.3, -0.25) is 14.4 Å².